The first-order valence-corrected chi connectivity index (χ1v) is 6.88. The molecule has 0 rings (SSSR count). The molecule has 0 aliphatic heterocycles. The van der Waals surface area contributed by atoms with Crippen molar-refractivity contribution >= 4 is 11.9 Å². The topological polar surface area (TPSA) is 52.6 Å². The molecule has 0 aromatic heterocycles. The summed E-state index contributed by atoms with van der Waals surface area (Å²) in [6, 6.07) is 0. The van der Waals surface area contributed by atoms with E-state index in [1.165, 1.54) is 0 Å². The summed E-state index contributed by atoms with van der Waals surface area (Å²) in [4.78, 5) is 22.7. The monoisotopic (exact) mass is 258 g/mol. The van der Waals surface area contributed by atoms with Gasteiger partial charge < -0.3 is 9.47 Å². The van der Waals surface area contributed by atoms with E-state index >= 15 is 0 Å². The van der Waals surface area contributed by atoms with E-state index in [0.717, 1.165) is 12.8 Å². The van der Waals surface area contributed by atoms with Crippen molar-refractivity contribution in [3.63, 3.8) is 0 Å². The SMILES string of the molecule is CC[C@H](C)OC(=O)CCCCC(=O)O[C@@H](C)CC. The second-order valence-corrected chi connectivity index (χ2v) is 4.62. The van der Waals surface area contributed by atoms with E-state index in [1.807, 2.05) is 27.7 Å². The Morgan fingerprint density at radius 3 is 1.44 bits per heavy atom. The van der Waals surface area contributed by atoms with Crippen LogP contribution in [0, 0.1) is 0 Å². The highest BCUT2D eigenvalue weighted by Gasteiger charge is 2.10. The van der Waals surface area contributed by atoms with Gasteiger partial charge >= 0.3 is 11.9 Å². The van der Waals surface area contributed by atoms with E-state index in [9.17, 15) is 9.59 Å². The molecular weight excluding hydrogens is 232 g/mol. The summed E-state index contributed by atoms with van der Waals surface area (Å²) < 4.78 is 10.3. The van der Waals surface area contributed by atoms with Crippen molar-refractivity contribution in [2.24, 2.45) is 0 Å². The fourth-order valence-corrected chi connectivity index (χ4v) is 1.27. The number of hydrogen-bond donors (Lipinski definition) is 0. The average molecular weight is 258 g/mol. The van der Waals surface area contributed by atoms with Gasteiger partial charge in [0.1, 0.15) is 0 Å². The highest BCUT2D eigenvalue weighted by atomic mass is 16.5. The maximum absolute atomic E-state index is 11.3. The minimum atomic E-state index is -0.181. The van der Waals surface area contributed by atoms with Crippen LogP contribution < -0.4 is 0 Å². The first-order valence-electron chi connectivity index (χ1n) is 6.88. The van der Waals surface area contributed by atoms with Crippen LogP contribution in [0.2, 0.25) is 0 Å². The summed E-state index contributed by atoms with van der Waals surface area (Å²) in [6.07, 6.45) is 3.71. The average Bonchev–Trinajstić information content (AvgIpc) is 2.34. The van der Waals surface area contributed by atoms with Crippen molar-refractivity contribution in [1.29, 1.82) is 0 Å². The van der Waals surface area contributed by atoms with Crippen molar-refractivity contribution in [1.82, 2.24) is 0 Å². The molecule has 4 nitrogen and oxygen atoms in total. The normalized spacial score (nSPS) is 13.8. The zero-order valence-electron chi connectivity index (χ0n) is 12.0. The lowest BCUT2D eigenvalue weighted by Gasteiger charge is -2.11. The molecule has 0 spiro atoms. The van der Waals surface area contributed by atoms with Crippen LogP contribution in [-0.2, 0) is 19.1 Å². The Bertz CT molecular complexity index is 224. The number of unbranched alkanes of at least 4 members (excludes halogenated alkanes) is 1. The first-order chi connectivity index (χ1) is 8.49. The molecule has 0 saturated heterocycles. The molecule has 0 aliphatic carbocycles. The molecular formula is C14H26O4. The van der Waals surface area contributed by atoms with E-state index in [2.05, 4.69) is 0 Å². The van der Waals surface area contributed by atoms with E-state index < -0.39 is 0 Å². The summed E-state index contributed by atoms with van der Waals surface area (Å²) in [5.41, 5.74) is 0. The van der Waals surface area contributed by atoms with Gasteiger partial charge in [0.2, 0.25) is 0 Å². The van der Waals surface area contributed by atoms with Gasteiger partial charge in [0.15, 0.2) is 0 Å². The summed E-state index contributed by atoms with van der Waals surface area (Å²) in [5, 5.41) is 0. The molecule has 0 fully saturated rings. The van der Waals surface area contributed by atoms with Crippen molar-refractivity contribution < 1.29 is 19.1 Å². The maximum Gasteiger partial charge on any atom is 0.306 e. The summed E-state index contributed by atoms with van der Waals surface area (Å²) in [6.45, 7) is 7.70. The number of ether oxygens (including phenoxy) is 2. The lowest BCUT2D eigenvalue weighted by molar-refractivity contribution is -0.150. The molecule has 0 aromatic carbocycles. The zero-order valence-corrected chi connectivity index (χ0v) is 12.0. The number of hydrogen-bond acceptors (Lipinski definition) is 4. The van der Waals surface area contributed by atoms with Gasteiger partial charge in [0.05, 0.1) is 12.2 Å². The molecule has 18 heavy (non-hydrogen) atoms. The van der Waals surface area contributed by atoms with Crippen molar-refractivity contribution in [3.8, 4) is 0 Å². The Labute approximate surface area is 110 Å². The minimum absolute atomic E-state index is 0.0205. The van der Waals surface area contributed by atoms with E-state index in [-0.39, 0.29) is 24.1 Å². The van der Waals surface area contributed by atoms with Crippen molar-refractivity contribution in [3.05, 3.63) is 0 Å². The van der Waals surface area contributed by atoms with Gasteiger partial charge in [0, 0.05) is 12.8 Å². The van der Waals surface area contributed by atoms with Crippen molar-refractivity contribution in [2.45, 2.75) is 78.4 Å². The molecule has 0 amide bonds. The Kier molecular flexibility index (Phi) is 9.33. The van der Waals surface area contributed by atoms with Gasteiger partial charge in [-0.2, -0.15) is 0 Å². The van der Waals surface area contributed by atoms with Crippen LogP contribution >= 0.6 is 0 Å². The predicted molar refractivity (Wildman–Crippen MR) is 70.2 cm³/mol. The van der Waals surface area contributed by atoms with Crippen LogP contribution in [0.15, 0.2) is 0 Å². The second kappa shape index (κ2) is 9.92. The molecule has 0 saturated carbocycles. The van der Waals surface area contributed by atoms with E-state index in [4.69, 9.17) is 9.47 Å². The summed E-state index contributed by atoms with van der Waals surface area (Å²) in [5.74, 6) is -0.362. The Hall–Kier alpha value is -1.06. The fraction of sp³-hybridized carbons (Fsp3) is 0.857. The molecule has 2 atom stereocenters. The van der Waals surface area contributed by atoms with Crippen LogP contribution in [0.25, 0.3) is 0 Å². The number of carbonyl (C=O) groups is 2. The molecule has 0 heterocycles. The number of rotatable bonds is 9. The van der Waals surface area contributed by atoms with Gasteiger partial charge in [0.25, 0.3) is 0 Å². The standard InChI is InChI=1S/C14H26O4/c1-5-11(3)17-13(15)9-7-8-10-14(16)18-12(4)6-2/h11-12H,5-10H2,1-4H3/t11-,12-/m0/s1. The number of carbonyl (C=O) groups excluding carboxylic acids is 2. The van der Waals surface area contributed by atoms with Crippen molar-refractivity contribution in [2.75, 3.05) is 0 Å². The fourth-order valence-electron chi connectivity index (χ4n) is 1.27. The van der Waals surface area contributed by atoms with Gasteiger partial charge in [-0.25, -0.2) is 0 Å². The third-order valence-electron chi connectivity index (χ3n) is 2.83. The van der Waals surface area contributed by atoms with Gasteiger partial charge in [-0.05, 0) is 39.5 Å². The molecule has 0 bridgehead atoms. The highest BCUT2D eigenvalue weighted by molar-refractivity contribution is 5.70. The van der Waals surface area contributed by atoms with Gasteiger partial charge in [-0.1, -0.05) is 13.8 Å². The Morgan fingerprint density at radius 1 is 0.833 bits per heavy atom. The first kappa shape index (κ1) is 16.9. The molecule has 0 aliphatic rings. The van der Waals surface area contributed by atoms with Crippen LogP contribution in [-0.4, -0.2) is 24.1 Å². The van der Waals surface area contributed by atoms with Gasteiger partial charge in [-0.3, -0.25) is 9.59 Å². The smallest absolute Gasteiger partial charge is 0.306 e. The highest BCUT2D eigenvalue weighted by Crippen LogP contribution is 2.07. The molecule has 106 valence electrons. The summed E-state index contributed by atoms with van der Waals surface area (Å²) >= 11 is 0. The maximum atomic E-state index is 11.3. The summed E-state index contributed by atoms with van der Waals surface area (Å²) in [7, 11) is 0. The van der Waals surface area contributed by atoms with E-state index in [1.54, 1.807) is 0 Å². The molecule has 4 heteroatoms. The van der Waals surface area contributed by atoms with Crippen LogP contribution in [0.3, 0.4) is 0 Å². The lowest BCUT2D eigenvalue weighted by Crippen LogP contribution is -2.15. The molecule has 0 N–H and O–H groups in total. The Morgan fingerprint density at radius 2 is 1.17 bits per heavy atom. The predicted octanol–water partition coefficient (Wildman–Crippen LogP) is 3.23. The lowest BCUT2D eigenvalue weighted by atomic mass is 10.2. The second-order valence-electron chi connectivity index (χ2n) is 4.62. The quantitative estimate of drug-likeness (QED) is 0.470. The van der Waals surface area contributed by atoms with Crippen LogP contribution in [0.5, 0.6) is 0 Å². The third kappa shape index (κ3) is 9.02. The Balaban J connectivity index is 3.55. The molecule has 0 unspecified atom stereocenters. The van der Waals surface area contributed by atoms with Crippen LogP contribution in [0.4, 0.5) is 0 Å². The zero-order chi connectivity index (χ0) is 14.0. The van der Waals surface area contributed by atoms with Crippen LogP contribution in [0.1, 0.15) is 66.2 Å². The third-order valence-corrected chi connectivity index (χ3v) is 2.83. The minimum Gasteiger partial charge on any atom is -0.463 e. The number of esters is 2. The van der Waals surface area contributed by atoms with E-state index in [0.29, 0.717) is 25.7 Å². The largest absolute Gasteiger partial charge is 0.463 e. The molecule has 0 radical (unpaired) electrons. The molecule has 0 aromatic rings. The van der Waals surface area contributed by atoms with Gasteiger partial charge in [-0.15, -0.1) is 0 Å².